The van der Waals surface area contributed by atoms with Crippen LogP contribution in [0.3, 0.4) is 0 Å². The van der Waals surface area contributed by atoms with Crippen LogP contribution in [0.2, 0.25) is 0 Å². The van der Waals surface area contributed by atoms with E-state index >= 15 is 0 Å². The summed E-state index contributed by atoms with van der Waals surface area (Å²) in [6.45, 7) is 1.06. The number of nitrogens with one attached hydrogen (secondary N) is 1. The topological polar surface area (TPSA) is 24.9 Å². The van der Waals surface area contributed by atoms with Crippen molar-refractivity contribution in [3.8, 4) is 0 Å². The van der Waals surface area contributed by atoms with E-state index in [4.69, 9.17) is 0 Å². The van der Waals surface area contributed by atoms with Crippen LogP contribution in [0.5, 0.6) is 0 Å². The van der Waals surface area contributed by atoms with Crippen molar-refractivity contribution >= 4 is 38.4 Å². The van der Waals surface area contributed by atoms with Crippen LogP contribution in [-0.2, 0) is 0 Å². The molecule has 84 valence electrons. The summed E-state index contributed by atoms with van der Waals surface area (Å²) in [6.07, 6.45) is 2.72. The Morgan fingerprint density at radius 2 is 2.31 bits per heavy atom. The van der Waals surface area contributed by atoms with Crippen molar-refractivity contribution in [1.82, 2.24) is 4.98 Å². The predicted octanol–water partition coefficient (Wildman–Crippen LogP) is 3.60. The molecule has 0 spiro atoms. The molecule has 1 saturated heterocycles. The third kappa shape index (κ3) is 2.18. The minimum atomic E-state index is 0.784. The third-order valence-electron chi connectivity index (χ3n) is 2.80. The zero-order valence-corrected chi connectivity index (χ0v) is 10.6. The van der Waals surface area contributed by atoms with E-state index in [1.807, 2.05) is 6.07 Å². The number of aromatic nitrogens is 1. The average Bonchev–Trinajstić information content (AvgIpc) is 2.95. The second-order valence-electron chi connectivity index (χ2n) is 4.00. The van der Waals surface area contributed by atoms with E-state index in [1.54, 1.807) is 11.3 Å². The minimum absolute atomic E-state index is 0.784. The zero-order chi connectivity index (χ0) is 10.8. The summed E-state index contributed by atoms with van der Waals surface area (Å²) in [6, 6.07) is 8.31. The normalized spacial score (nSPS) is 20.4. The number of hydrogen-bond donors (Lipinski definition) is 1. The number of thiazole rings is 1. The first-order valence-electron chi connectivity index (χ1n) is 5.63. The maximum absolute atomic E-state index is 4.57. The number of benzene rings is 1. The van der Waals surface area contributed by atoms with Gasteiger partial charge in [0.25, 0.3) is 0 Å². The summed E-state index contributed by atoms with van der Waals surface area (Å²) in [5, 5.41) is 5.31. The molecule has 1 fully saturated rings. The molecule has 3 rings (SSSR count). The Hall–Kier alpha value is -0.740. The van der Waals surface area contributed by atoms with Gasteiger partial charge in [0.05, 0.1) is 10.2 Å². The molecular formula is C12H14N2S2. The molecule has 1 aromatic carbocycles. The molecule has 0 aliphatic carbocycles. The molecule has 1 atom stereocenters. The summed E-state index contributed by atoms with van der Waals surface area (Å²) in [5.41, 5.74) is 1.11. The van der Waals surface area contributed by atoms with Gasteiger partial charge in [0.15, 0.2) is 5.13 Å². The average molecular weight is 250 g/mol. The van der Waals surface area contributed by atoms with Gasteiger partial charge in [-0.3, -0.25) is 0 Å². The molecule has 2 aromatic rings. The van der Waals surface area contributed by atoms with Crippen molar-refractivity contribution in [3.63, 3.8) is 0 Å². The number of thioether (sulfide) groups is 1. The summed E-state index contributed by atoms with van der Waals surface area (Å²) in [4.78, 5) is 4.57. The summed E-state index contributed by atoms with van der Waals surface area (Å²) in [5.74, 6) is 1.33. The van der Waals surface area contributed by atoms with E-state index in [1.165, 1.54) is 23.3 Å². The van der Waals surface area contributed by atoms with Crippen LogP contribution >= 0.6 is 23.1 Å². The zero-order valence-electron chi connectivity index (χ0n) is 8.98. The lowest BCUT2D eigenvalue weighted by atomic mass is 10.2. The molecule has 1 unspecified atom stereocenters. The van der Waals surface area contributed by atoms with Crippen LogP contribution < -0.4 is 5.32 Å². The Morgan fingerprint density at radius 3 is 3.12 bits per heavy atom. The van der Waals surface area contributed by atoms with E-state index < -0.39 is 0 Å². The van der Waals surface area contributed by atoms with Crippen molar-refractivity contribution in [2.45, 2.75) is 18.1 Å². The SMILES string of the molecule is c1ccc2sc(NCC3CCCS3)nc2c1. The fourth-order valence-corrected chi connectivity index (χ4v) is 4.03. The summed E-state index contributed by atoms with van der Waals surface area (Å²) >= 11 is 3.83. The van der Waals surface area contributed by atoms with Crippen LogP contribution in [-0.4, -0.2) is 22.5 Å². The molecule has 1 aromatic heterocycles. The highest BCUT2D eigenvalue weighted by Gasteiger charge is 2.15. The highest BCUT2D eigenvalue weighted by molar-refractivity contribution is 8.00. The van der Waals surface area contributed by atoms with Crippen LogP contribution in [0.25, 0.3) is 10.2 Å². The van der Waals surface area contributed by atoms with Crippen molar-refractivity contribution in [2.24, 2.45) is 0 Å². The van der Waals surface area contributed by atoms with Gasteiger partial charge in [0, 0.05) is 11.8 Å². The van der Waals surface area contributed by atoms with Crippen molar-refractivity contribution in [2.75, 3.05) is 17.6 Å². The van der Waals surface area contributed by atoms with E-state index in [2.05, 4.69) is 40.3 Å². The van der Waals surface area contributed by atoms with Gasteiger partial charge in [0.1, 0.15) is 0 Å². The molecular weight excluding hydrogens is 236 g/mol. The van der Waals surface area contributed by atoms with Gasteiger partial charge in [-0.15, -0.1) is 0 Å². The molecule has 0 bridgehead atoms. The molecule has 1 N–H and O–H groups in total. The molecule has 0 saturated carbocycles. The first-order valence-corrected chi connectivity index (χ1v) is 7.49. The van der Waals surface area contributed by atoms with Gasteiger partial charge in [-0.05, 0) is 30.7 Å². The second-order valence-corrected chi connectivity index (χ2v) is 6.44. The number of rotatable bonds is 3. The first-order chi connectivity index (χ1) is 7.92. The van der Waals surface area contributed by atoms with Gasteiger partial charge in [-0.2, -0.15) is 11.8 Å². The standard InChI is InChI=1S/C12H14N2S2/c1-2-6-11-10(5-1)14-12(16-11)13-8-9-4-3-7-15-9/h1-2,5-6,9H,3-4,7-8H2,(H,13,14). The first kappa shape index (κ1) is 10.4. The van der Waals surface area contributed by atoms with E-state index in [0.717, 1.165) is 22.4 Å². The van der Waals surface area contributed by atoms with E-state index in [-0.39, 0.29) is 0 Å². The number of para-hydroxylation sites is 1. The lowest BCUT2D eigenvalue weighted by molar-refractivity contribution is 0.805. The number of fused-ring (bicyclic) bond motifs is 1. The molecule has 4 heteroatoms. The molecule has 16 heavy (non-hydrogen) atoms. The lowest BCUT2D eigenvalue weighted by Crippen LogP contribution is -2.13. The Bertz CT molecular complexity index is 442. The lowest BCUT2D eigenvalue weighted by Gasteiger charge is -2.07. The minimum Gasteiger partial charge on any atom is -0.360 e. The molecule has 0 amide bonds. The van der Waals surface area contributed by atoms with Crippen molar-refractivity contribution in [1.29, 1.82) is 0 Å². The predicted molar refractivity (Wildman–Crippen MR) is 73.6 cm³/mol. The molecule has 2 heterocycles. The Morgan fingerprint density at radius 1 is 1.38 bits per heavy atom. The second kappa shape index (κ2) is 4.63. The third-order valence-corrected chi connectivity index (χ3v) is 5.19. The van der Waals surface area contributed by atoms with Crippen LogP contribution in [0.4, 0.5) is 5.13 Å². The van der Waals surface area contributed by atoms with Crippen LogP contribution in [0, 0.1) is 0 Å². The highest BCUT2D eigenvalue weighted by atomic mass is 32.2. The van der Waals surface area contributed by atoms with E-state index in [0.29, 0.717) is 0 Å². The van der Waals surface area contributed by atoms with Gasteiger partial charge in [-0.1, -0.05) is 23.5 Å². The maximum Gasteiger partial charge on any atom is 0.183 e. The van der Waals surface area contributed by atoms with Crippen LogP contribution in [0.1, 0.15) is 12.8 Å². The highest BCUT2D eigenvalue weighted by Crippen LogP contribution is 2.28. The van der Waals surface area contributed by atoms with Gasteiger partial charge in [-0.25, -0.2) is 4.98 Å². The maximum atomic E-state index is 4.57. The quantitative estimate of drug-likeness (QED) is 0.901. The molecule has 0 radical (unpaired) electrons. The number of hydrogen-bond acceptors (Lipinski definition) is 4. The fourth-order valence-electron chi connectivity index (χ4n) is 1.95. The summed E-state index contributed by atoms with van der Waals surface area (Å²) in [7, 11) is 0. The van der Waals surface area contributed by atoms with E-state index in [9.17, 15) is 0 Å². The largest absolute Gasteiger partial charge is 0.360 e. The van der Waals surface area contributed by atoms with Crippen LogP contribution in [0.15, 0.2) is 24.3 Å². The monoisotopic (exact) mass is 250 g/mol. The molecule has 1 aliphatic heterocycles. The number of nitrogens with zero attached hydrogens (tertiary/aromatic N) is 1. The summed E-state index contributed by atoms with van der Waals surface area (Å²) < 4.78 is 1.27. The Balaban J connectivity index is 1.69. The smallest absolute Gasteiger partial charge is 0.183 e. The van der Waals surface area contributed by atoms with Gasteiger partial charge < -0.3 is 5.32 Å². The van der Waals surface area contributed by atoms with Crippen molar-refractivity contribution in [3.05, 3.63) is 24.3 Å². The van der Waals surface area contributed by atoms with Crippen molar-refractivity contribution < 1.29 is 0 Å². The van der Waals surface area contributed by atoms with Gasteiger partial charge in [0.2, 0.25) is 0 Å². The molecule has 2 nitrogen and oxygen atoms in total. The fraction of sp³-hybridized carbons (Fsp3) is 0.417. The Kier molecular flexibility index (Phi) is 3.02. The number of anilines is 1. The Labute approximate surface area is 103 Å². The van der Waals surface area contributed by atoms with Gasteiger partial charge >= 0.3 is 0 Å². The molecule has 1 aliphatic rings.